The molecule has 0 aromatic carbocycles. The van der Waals surface area contributed by atoms with Crippen molar-refractivity contribution in [1.29, 1.82) is 0 Å². The van der Waals surface area contributed by atoms with E-state index in [-0.39, 0.29) is 0 Å². The molecule has 0 aromatic heterocycles. The summed E-state index contributed by atoms with van der Waals surface area (Å²) in [4.78, 5) is 11.0. The number of carbonyl (C=O) groups is 1. The topological polar surface area (TPSA) is 197 Å². The number of rotatable bonds is 8. The Morgan fingerprint density at radius 2 is 1.65 bits per heavy atom. The highest BCUT2D eigenvalue weighted by molar-refractivity contribution is 5.84. The van der Waals surface area contributed by atoms with Crippen molar-refractivity contribution in [2.45, 2.75) is 49.0 Å². The lowest BCUT2D eigenvalue weighted by Gasteiger charge is -2.40. The van der Waals surface area contributed by atoms with Crippen molar-refractivity contribution in [2.75, 3.05) is 19.8 Å². The van der Waals surface area contributed by atoms with E-state index in [0.29, 0.717) is 0 Å². The third-order valence-corrected chi connectivity index (χ3v) is 3.48. The summed E-state index contributed by atoms with van der Waals surface area (Å²) in [5.41, 5.74) is 0. The molecule has 1 fully saturated rings. The van der Waals surface area contributed by atoms with Crippen molar-refractivity contribution in [3.05, 3.63) is 0 Å². The Labute approximate surface area is 130 Å². The number of ether oxygens (including phenoxy) is 2. The van der Waals surface area contributed by atoms with E-state index >= 15 is 0 Å². The molecule has 1 rings (SSSR count). The quantitative estimate of drug-likeness (QED) is 0.209. The number of Topliss-reactive ketones (excluding diaryl/α,β-unsaturated/α-hetero) is 1. The molecule has 11 heteroatoms. The average molecular weight is 342 g/mol. The van der Waals surface area contributed by atoms with Gasteiger partial charge in [-0.25, -0.2) is 0 Å². The van der Waals surface area contributed by atoms with E-state index in [2.05, 4.69) is 0 Å². The Bertz CT molecular complexity index is 376. The Morgan fingerprint density at radius 1 is 1.04 bits per heavy atom. The zero-order valence-corrected chi connectivity index (χ0v) is 12.0. The maximum absolute atomic E-state index is 11.0. The van der Waals surface area contributed by atoms with Crippen molar-refractivity contribution < 1.29 is 55.1 Å². The predicted molar refractivity (Wildman–Crippen MR) is 69.8 cm³/mol. The summed E-state index contributed by atoms with van der Waals surface area (Å²) < 4.78 is 9.94. The van der Waals surface area contributed by atoms with E-state index in [1.54, 1.807) is 0 Å². The fourth-order valence-electron chi connectivity index (χ4n) is 1.99. The highest BCUT2D eigenvalue weighted by atomic mass is 16.7. The predicted octanol–water partition coefficient (Wildman–Crippen LogP) is -5.55. The molecule has 0 amide bonds. The van der Waals surface area contributed by atoms with Crippen LogP contribution in [0.4, 0.5) is 0 Å². The summed E-state index contributed by atoms with van der Waals surface area (Å²) in [5, 5.41) is 74.8. The van der Waals surface area contributed by atoms with Gasteiger partial charge in [-0.2, -0.15) is 0 Å². The van der Waals surface area contributed by atoms with Gasteiger partial charge in [0.2, 0.25) is 0 Å². The largest absolute Gasteiger partial charge is 0.394 e. The van der Waals surface area contributed by atoms with Gasteiger partial charge < -0.3 is 50.3 Å². The fourth-order valence-corrected chi connectivity index (χ4v) is 1.99. The number of hydrogen-bond acceptors (Lipinski definition) is 11. The van der Waals surface area contributed by atoms with Gasteiger partial charge >= 0.3 is 0 Å². The molecule has 8 N–H and O–H groups in total. The molecule has 0 radical (unpaired) electrons. The van der Waals surface area contributed by atoms with Crippen LogP contribution in [0, 0.1) is 0 Å². The van der Waals surface area contributed by atoms with E-state index in [4.69, 9.17) is 19.7 Å². The first-order chi connectivity index (χ1) is 10.7. The molecule has 1 aliphatic heterocycles. The minimum Gasteiger partial charge on any atom is -0.394 e. The van der Waals surface area contributed by atoms with Gasteiger partial charge in [-0.3, -0.25) is 4.79 Å². The van der Waals surface area contributed by atoms with Gasteiger partial charge in [0.05, 0.1) is 13.2 Å². The van der Waals surface area contributed by atoms with Crippen LogP contribution in [-0.2, 0) is 14.3 Å². The molecule has 4 unspecified atom stereocenters. The second-order valence-corrected chi connectivity index (χ2v) is 5.16. The van der Waals surface area contributed by atoms with Crippen LogP contribution in [0.3, 0.4) is 0 Å². The van der Waals surface area contributed by atoms with Crippen LogP contribution in [0.2, 0.25) is 0 Å². The number of aliphatic hydroxyl groups excluding tert-OH is 8. The van der Waals surface area contributed by atoms with Gasteiger partial charge in [-0.15, -0.1) is 0 Å². The first-order valence-electron chi connectivity index (χ1n) is 6.84. The highest BCUT2D eigenvalue weighted by Crippen LogP contribution is 2.22. The Kier molecular flexibility index (Phi) is 7.89. The van der Waals surface area contributed by atoms with Crippen molar-refractivity contribution >= 4 is 5.78 Å². The first kappa shape index (κ1) is 20.3. The van der Waals surface area contributed by atoms with Gasteiger partial charge in [0, 0.05) is 0 Å². The van der Waals surface area contributed by atoms with Crippen molar-refractivity contribution in [3.8, 4) is 0 Å². The molecule has 8 atom stereocenters. The molecule has 0 aromatic rings. The van der Waals surface area contributed by atoms with Gasteiger partial charge in [-0.05, 0) is 0 Å². The number of ketones is 1. The molecule has 0 saturated carbocycles. The van der Waals surface area contributed by atoms with Crippen molar-refractivity contribution in [3.63, 3.8) is 0 Å². The first-order valence-corrected chi connectivity index (χ1v) is 6.84. The fraction of sp³-hybridized carbons (Fsp3) is 0.917. The van der Waals surface area contributed by atoms with E-state index < -0.39 is 74.6 Å². The zero-order valence-electron chi connectivity index (χ0n) is 12.0. The van der Waals surface area contributed by atoms with Gasteiger partial charge in [0.15, 0.2) is 12.1 Å². The average Bonchev–Trinajstić information content (AvgIpc) is 2.56. The van der Waals surface area contributed by atoms with Crippen LogP contribution in [-0.4, -0.2) is 115 Å². The third-order valence-electron chi connectivity index (χ3n) is 3.48. The van der Waals surface area contributed by atoms with E-state index in [9.17, 15) is 35.4 Å². The molecule has 1 saturated heterocycles. The summed E-state index contributed by atoms with van der Waals surface area (Å²) in [5.74, 6) is -1.11. The Hall–Kier alpha value is -0.730. The van der Waals surface area contributed by atoms with E-state index in [1.807, 2.05) is 0 Å². The molecule has 23 heavy (non-hydrogen) atoms. The normalized spacial score (nSPS) is 35.6. The van der Waals surface area contributed by atoms with Gasteiger partial charge in [0.1, 0.15) is 49.3 Å². The van der Waals surface area contributed by atoms with Crippen LogP contribution in [0.15, 0.2) is 0 Å². The van der Waals surface area contributed by atoms with Crippen LogP contribution in [0.1, 0.15) is 0 Å². The SMILES string of the molecule is O=C(CO)C(O)C(O)C(O)COC1O[C@H](CO)[C@@H](O)[C@H](O)[C@H]1O. The summed E-state index contributed by atoms with van der Waals surface area (Å²) >= 11 is 0. The monoisotopic (exact) mass is 342 g/mol. The minimum absolute atomic E-state index is 0.667. The molecule has 0 spiro atoms. The minimum atomic E-state index is -2.03. The molecule has 0 aliphatic carbocycles. The van der Waals surface area contributed by atoms with Crippen LogP contribution in [0.25, 0.3) is 0 Å². The lowest BCUT2D eigenvalue weighted by molar-refractivity contribution is -0.306. The van der Waals surface area contributed by atoms with Crippen LogP contribution in [0.5, 0.6) is 0 Å². The van der Waals surface area contributed by atoms with Crippen LogP contribution < -0.4 is 0 Å². The van der Waals surface area contributed by atoms with Crippen molar-refractivity contribution in [1.82, 2.24) is 0 Å². The highest BCUT2D eigenvalue weighted by Gasteiger charge is 2.44. The number of carbonyl (C=O) groups excluding carboxylic acids is 1. The Balaban J connectivity index is 2.57. The molecule has 0 bridgehead atoms. The van der Waals surface area contributed by atoms with Crippen LogP contribution >= 0.6 is 0 Å². The summed E-state index contributed by atoms with van der Waals surface area (Å²) in [7, 11) is 0. The molecular formula is C12H22O11. The molecule has 136 valence electrons. The summed E-state index contributed by atoms with van der Waals surface area (Å²) in [6.07, 6.45) is -13.4. The maximum atomic E-state index is 11.0. The second kappa shape index (κ2) is 8.94. The summed E-state index contributed by atoms with van der Waals surface area (Å²) in [6, 6.07) is 0. The maximum Gasteiger partial charge on any atom is 0.189 e. The Morgan fingerprint density at radius 3 is 2.17 bits per heavy atom. The van der Waals surface area contributed by atoms with Crippen molar-refractivity contribution in [2.24, 2.45) is 0 Å². The standard InChI is InChI=1S/C12H22O11/c13-1-4(15)7(17)8(18)5(16)3-22-12-11(21)10(20)9(19)6(2-14)23-12/h5-14,16-21H,1-3H2/t5?,6-,7?,8?,9-,10+,11-,12?/m1/s1. The zero-order chi connectivity index (χ0) is 17.7. The van der Waals surface area contributed by atoms with Gasteiger partial charge in [0.25, 0.3) is 0 Å². The lowest BCUT2D eigenvalue weighted by atomic mass is 9.99. The molecule has 1 heterocycles. The van der Waals surface area contributed by atoms with Gasteiger partial charge in [-0.1, -0.05) is 0 Å². The second-order valence-electron chi connectivity index (χ2n) is 5.16. The number of aliphatic hydroxyl groups is 8. The smallest absolute Gasteiger partial charge is 0.189 e. The number of hydrogen-bond donors (Lipinski definition) is 8. The molecular weight excluding hydrogens is 320 g/mol. The lowest BCUT2D eigenvalue weighted by Crippen LogP contribution is -2.59. The summed E-state index contributed by atoms with van der Waals surface area (Å²) in [6.45, 7) is -2.40. The molecule has 1 aliphatic rings. The third kappa shape index (κ3) is 4.87. The van der Waals surface area contributed by atoms with E-state index in [0.717, 1.165) is 0 Å². The van der Waals surface area contributed by atoms with E-state index in [1.165, 1.54) is 0 Å². The molecule has 11 nitrogen and oxygen atoms in total.